The summed E-state index contributed by atoms with van der Waals surface area (Å²) < 4.78 is 0. The molecule has 0 bridgehead atoms. The van der Waals surface area contributed by atoms with E-state index in [9.17, 15) is 9.59 Å². The lowest BCUT2D eigenvalue weighted by Crippen LogP contribution is -2.45. The Kier molecular flexibility index (Phi) is 4.41. The van der Waals surface area contributed by atoms with Crippen molar-refractivity contribution in [2.75, 3.05) is 13.1 Å². The zero-order valence-electron chi connectivity index (χ0n) is 14.6. The van der Waals surface area contributed by atoms with Gasteiger partial charge in [0.25, 0.3) is 5.91 Å². The van der Waals surface area contributed by atoms with Crippen molar-refractivity contribution >= 4 is 11.8 Å². The second-order valence-corrected chi connectivity index (χ2v) is 7.27. The quantitative estimate of drug-likeness (QED) is 0.916. The first kappa shape index (κ1) is 16.7. The van der Waals surface area contributed by atoms with E-state index >= 15 is 0 Å². The molecule has 4 rings (SSSR count). The largest absolute Gasteiger partial charge is 0.352 e. The van der Waals surface area contributed by atoms with E-state index < -0.39 is 0 Å². The number of amides is 2. The van der Waals surface area contributed by atoms with Crippen LogP contribution in [-0.4, -0.2) is 39.8 Å². The van der Waals surface area contributed by atoms with Crippen molar-refractivity contribution in [2.45, 2.75) is 25.8 Å². The number of aromatic nitrogens is 2. The molecule has 2 fully saturated rings. The van der Waals surface area contributed by atoms with Crippen LogP contribution in [0.5, 0.6) is 0 Å². The van der Waals surface area contributed by atoms with Crippen molar-refractivity contribution in [3.05, 3.63) is 60.2 Å². The Labute approximate surface area is 152 Å². The van der Waals surface area contributed by atoms with E-state index in [1.54, 1.807) is 36.9 Å². The molecule has 3 heterocycles. The highest BCUT2D eigenvalue weighted by Gasteiger charge is 2.54. The maximum atomic E-state index is 12.8. The Bertz CT molecular complexity index is 790. The van der Waals surface area contributed by atoms with E-state index in [0.717, 1.165) is 24.8 Å². The third-order valence-electron chi connectivity index (χ3n) is 5.70. The Morgan fingerprint density at radius 2 is 1.92 bits per heavy atom. The number of rotatable bonds is 4. The van der Waals surface area contributed by atoms with E-state index in [2.05, 4.69) is 15.3 Å². The molecule has 1 saturated heterocycles. The molecular weight excluding hydrogens is 328 g/mol. The summed E-state index contributed by atoms with van der Waals surface area (Å²) in [6.45, 7) is 1.61. The number of carbonyl (C=O) groups excluding carboxylic acids is 2. The smallest absolute Gasteiger partial charge is 0.255 e. The minimum atomic E-state index is -0.145. The molecule has 2 amide bonds. The molecule has 2 aromatic rings. The number of hydrogen-bond acceptors (Lipinski definition) is 4. The molecule has 26 heavy (non-hydrogen) atoms. The van der Waals surface area contributed by atoms with Crippen LogP contribution in [0.4, 0.5) is 0 Å². The van der Waals surface area contributed by atoms with Crippen LogP contribution in [0, 0.1) is 11.3 Å². The highest BCUT2D eigenvalue weighted by Crippen LogP contribution is 2.51. The minimum Gasteiger partial charge on any atom is -0.352 e. The van der Waals surface area contributed by atoms with Gasteiger partial charge in [-0.1, -0.05) is 12.5 Å². The number of nitrogens with zero attached hydrogens (tertiary/aromatic N) is 3. The van der Waals surface area contributed by atoms with Gasteiger partial charge >= 0.3 is 0 Å². The topological polar surface area (TPSA) is 75.2 Å². The molecule has 134 valence electrons. The fourth-order valence-corrected chi connectivity index (χ4v) is 4.11. The molecule has 0 aromatic carbocycles. The predicted octanol–water partition coefficient (Wildman–Crippen LogP) is 2.04. The van der Waals surface area contributed by atoms with Gasteiger partial charge in [-0.05, 0) is 36.6 Å². The first-order valence-electron chi connectivity index (χ1n) is 9.04. The normalized spacial score (nSPS) is 20.6. The van der Waals surface area contributed by atoms with Gasteiger partial charge in [0, 0.05) is 49.8 Å². The summed E-state index contributed by atoms with van der Waals surface area (Å²) in [6, 6.07) is 7.34. The van der Waals surface area contributed by atoms with Gasteiger partial charge in [-0.15, -0.1) is 0 Å². The van der Waals surface area contributed by atoms with Gasteiger partial charge in [0.15, 0.2) is 0 Å². The molecule has 1 aliphatic heterocycles. The molecule has 6 nitrogen and oxygen atoms in total. The Morgan fingerprint density at radius 1 is 1.15 bits per heavy atom. The first-order chi connectivity index (χ1) is 12.7. The van der Waals surface area contributed by atoms with E-state index in [1.165, 1.54) is 0 Å². The van der Waals surface area contributed by atoms with Crippen LogP contribution in [-0.2, 0) is 11.3 Å². The van der Waals surface area contributed by atoms with Crippen LogP contribution in [0.2, 0.25) is 0 Å². The second kappa shape index (κ2) is 6.86. The predicted molar refractivity (Wildman–Crippen MR) is 96.0 cm³/mol. The maximum absolute atomic E-state index is 12.8. The SMILES string of the molecule is O=C(NCc1cccnc1)C1CN(C(=O)c2cccnc2)CC12CCC2. The van der Waals surface area contributed by atoms with Crippen LogP contribution in [0.25, 0.3) is 0 Å². The molecule has 1 N–H and O–H groups in total. The molecular formula is C20H22N4O2. The monoisotopic (exact) mass is 350 g/mol. The van der Waals surface area contributed by atoms with Gasteiger partial charge in [0.1, 0.15) is 0 Å². The summed E-state index contributed by atoms with van der Waals surface area (Å²) in [4.78, 5) is 35.5. The van der Waals surface area contributed by atoms with Crippen molar-refractivity contribution < 1.29 is 9.59 Å². The summed E-state index contributed by atoms with van der Waals surface area (Å²) in [5.41, 5.74) is 1.50. The zero-order valence-corrected chi connectivity index (χ0v) is 14.6. The maximum Gasteiger partial charge on any atom is 0.255 e. The average Bonchev–Trinajstić information content (AvgIpc) is 3.08. The van der Waals surface area contributed by atoms with E-state index in [-0.39, 0.29) is 23.1 Å². The highest BCUT2D eigenvalue weighted by molar-refractivity contribution is 5.95. The molecule has 1 atom stereocenters. The summed E-state index contributed by atoms with van der Waals surface area (Å²) in [5.74, 6) is -0.143. The van der Waals surface area contributed by atoms with Gasteiger partial charge in [0.05, 0.1) is 11.5 Å². The molecule has 1 saturated carbocycles. The Balaban J connectivity index is 1.45. The molecule has 1 unspecified atom stereocenters. The van der Waals surface area contributed by atoms with E-state index in [1.807, 2.05) is 17.0 Å². The standard InChI is InChI=1S/C20H22N4O2/c25-18(23-11-15-4-1-8-21-10-15)17-13-24(14-20(17)6-3-7-20)19(26)16-5-2-9-22-12-16/h1-2,4-5,8-10,12,17H,3,6-7,11,13-14H2,(H,23,25). The van der Waals surface area contributed by atoms with Gasteiger partial charge in [-0.3, -0.25) is 19.6 Å². The first-order valence-corrected chi connectivity index (χ1v) is 9.04. The van der Waals surface area contributed by atoms with Crippen LogP contribution in [0.15, 0.2) is 49.1 Å². The van der Waals surface area contributed by atoms with Crippen molar-refractivity contribution in [1.29, 1.82) is 0 Å². The third-order valence-corrected chi connectivity index (χ3v) is 5.70. The molecule has 2 aromatic heterocycles. The molecule has 1 aliphatic carbocycles. The second-order valence-electron chi connectivity index (χ2n) is 7.27. The number of hydrogen-bond donors (Lipinski definition) is 1. The third kappa shape index (κ3) is 3.07. The number of pyridine rings is 2. The summed E-state index contributed by atoms with van der Waals surface area (Å²) in [7, 11) is 0. The van der Waals surface area contributed by atoms with Gasteiger partial charge in [-0.2, -0.15) is 0 Å². The molecule has 0 radical (unpaired) electrons. The van der Waals surface area contributed by atoms with Crippen LogP contribution >= 0.6 is 0 Å². The fourth-order valence-electron chi connectivity index (χ4n) is 4.11. The van der Waals surface area contributed by atoms with E-state index in [4.69, 9.17) is 0 Å². The number of nitrogens with one attached hydrogen (secondary N) is 1. The van der Waals surface area contributed by atoms with E-state index in [0.29, 0.717) is 25.2 Å². The van der Waals surface area contributed by atoms with Crippen LogP contribution < -0.4 is 5.32 Å². The van der Waals surface area contributed by atoms with Crippen LogP contribution in [0.3, 0.4) is 0 Å². The summed E-state index contributed by atoms with van der Waals surface area (Å²) >= 11 is 0. The fraction of sp³-hybridized carbons (Fsp3) is 0.400. The van der Waals surface area contributed by atoms with Crippen molar-refractivity contribution in [3.8, 4) is 0 Å². The lowest BCUT2D eigenvalue weighted by molar-refractivity contribution is -0.129. The number of likely N-dealkylation sites (tertiary alicyclic amines) is 1. The number of carbonyl (C=O) groups is 2. The highest BCUT2D eigenvalue weighted by atomic mass is 16.2. The van der Waals surface area contributed by atoms with Gasteiger partial charge in [-0.25, -0.2) is 0 Å². The van der Waals surface area contributed by atoms with Gasteiger partial charge < -0.3 is 10.2 Å². The molecule has 6 heteroatoms. The van der Waals surface area contributed by atoms with Crippen molar-refractivity contribution in [1.82, 2.24) is 20.2 Å². The molecule has 2 aliphatic rings. The molecule has 1 spiro atoms. The summed E-state index contributed by atoms with van der Waals surface area (Å²) in [6.07, 6.45) is 9.86. The Hall–Kier alpha value is -2.76. The lowest BCUT2D eigenvalue weighted by Gasteiger charge is -2.41. The van der Waals surface area contributed by atoms with Crippen molar-refractivity contribution in [2.24, 2.45) is 11.3 Å². The minimum absolute atomic E-state index is 0.0352. The van der Waals surface area contributed by atoms with Crippen molar-refractivity contribution in [3.63, 3.8) is 0 Å². The lowest BCUT2D eigenvalue weighted by atomic mass is 9.62. The zero-order chi connectivity index (χ0) is 18.0. The van der Waals surface area contributed by atoms with Gasteiger partial charge in [0.2, 0.25) is 5.91 Å². The summed E-state index contributed by atoms with van der Waals surface area (Å²) in [5, 5.41) is 3.03. The average molecular weight is 350 g/mol. The van der Waals surface area contributed by atoms with Crippen LogP contribution in [0.1, 0.15) is 35.2 Å². The Morgan fingerprint density at radius 3 is 2.54 bits per heavy atom.